The summed E-state index contributed by atoms with van der Waals surface area (Å²) in [7, 11) is 0. The predicted molar refractivity (Wildman–Crippen MR) is 143 cm³/mol. The van der Waals surface area contributed by atoms with Gasteiger partial charge in [0.2, 0.25) is 0 Å². The molecule has 3 aliphatic heterocycles. The molecule has 1 unspecified atom stereocenters. The Morgan fingerprint density at radius 3 is 1.68 bits per heavy atom. The van der Waals surface area contributed by atoms with Gasteiger partial charge in [-0.1, -0.05) is 36.9 Å². The minimum absolute atomic E-state index is 0.139. The molecule has 37 heavy (non-hydrogen) atoms. The Bertz CT molecular complexity index is 686. The molecule has 0 N–H and O–H groups in total. The smallest absolute Gasteiger partial charge is 0.104 e. The summed E-state index contributed by atoms with van der Waals surface area (Å²) in [6.45, 7) is 16.4. The first kappa shape index (κ1) is 30.1. The van der Waals surface area contributed by atoms with Gasteiger partial charge < -0.3 is 33.2 Å². The molecule has 3 saturated heterocycles. The maximum Gasteiger partial charge on any atom is 0.104 e. The Hall–Kier alpha value is -1.40. The molecule has 0 amide bonds. The van der Waals surface area contributed by atoms with Gasteiger partial charge in [-0.25, -0.2) is 0 Å². The average molecular weight is 523 g/mol. The van der Waals surface area contributed by atoms with E-state index in [0.29, 0.717) is 85.9 Å². The van der Waals surface area contributed by atoms with Crippen LogP contribution in [-0.4, -0.2) is 134 Å². The summed E-state index contributed by atoms with van der Waals surface area (Å²) in [6, 6.07) is 8.23. The zero-order valence-electron chi connectivity index (χ0n) is 22.4. The molecule has 0 aliphatic carbocycles. The number of hydrogen-bond donors (Lipinski definition) is 0. The van der Waals surface area contributed by atoms with Crippen LogP contribution in [0.1, 0.15) is 11.1 Å². The Kier molecular flexibility index (Phi) is 16.0. The molecule has 0 radical (unpaired) electrons. The van der Waals surface area contributed by atoms with Crippen molar-refractivity contribution in [1.82, 2.24) is 9.80 Å². The van der Waals surface area contributed by atoms with E-state index >= 15 is 0 Å². The van der Waals surface area contributed by atoms with Gasteiger partial charge in [0.15, 0.2) is 0 Å². The van der Waals surface area contributed by atoms with Crippen LogP contribution in [0.3, 0.4) is 0 Å². The quantitative estimate of drug-likeness (QED) is 0.577. The van der Waals surface area contributed by atoms with E-state index in [2.05, 4.69) is 28.5 Å². The molecule has 3 heterocycles. The summed E-state index contributed by atoms with van der Waals surface area (Å²) in [4.78, 5) is 4.62. The molecule has 1 aromatic rings. The van der Waals surface area contributed by atoms with Crippen LogP contribution in [-0.2, 0) is 39.8 Å². The molecule has 1 aromatic carbocycles. The Balaban J connectivity index is 1.56. The minimum atomic E-state index is -0.139. The van der Waals surface area contributed by atoms with Crippen molar-refractivity contribution in [2.24, 2.45) is 0 Å². The highest BCUT2D eigenvalue weighted by atomic mass is 16.6. The zero-order valence-corrected chi connectivity index (χ0v) is 22.4. The molecular weight excluding hydrogens is 476 g/mol. The molecule has 210 valence electrons. The van der Waals surface area contributed by atoms with Crippen molar-refractivity contribution < 1.29 is 33.2 Å². The Morgan fingerprint density at radius 2 is 1.16 bits per heavy atom. The molecule has 3 fully saturated rings. The average Bonchev–Trinajstić information content (AvgIpc) is 2.92. The van der Waals surface area contributed by atoms with Gasteiger partial charge in [0.05, 0.1) is 85.9 Å². The standard InChI is InChI=1S/C28H46N2O7/c1-2-26-3-5-27(6-4-26)23-36-25-28-24-35-17-11-29-7-13-31-19-21-33-15-9-30(12-18-37-28)10-16-34-22-20-32-14-8-29/h2-6,28H,1,7-25H2. The van der Waals surface area contributed by atoms with Crippen molar-refractivity contribution in [2.75, 3.05) is 119 Å². The highest BCUT2D eigenvalue weighted by molar-refractivity contribution is 5.47. The number of benzene rings is 1. The molecule has 2 bridgehead atoms. The minimum Gasteiger partial charge on any atom is -0.378 e. The van der Waals surface area contributed by atoms with Gasteiger partial charge in [-0.3, -0.25) is 9.80 Å². The van der Waals surface area contributed by atoms with Gasteiger partial charge in [0.1, 0.15) is 6.10 Å². The number of hydrogen-bond acceptors (Lipinski definition) is 9. The number of fused-ring (bicyclic) bond motifs is 21. The first-order valence-electron chi connectivity index (χ1n) is 13.6. The van der Waals surface area contributed by atoms with Gasteiger partial charge in [-0.2, -0.15) is 0 Å². The molecule has 4 rings (SSSR count). The maximum absolute atomic E-state index is 6.24. The largest absolute Gasteiger partial charge is 0.378 e. The van der Waals surface area contributed by atoms with Crippen LogP contribution in [0.5, 0.6) is 0 Å². The van der Waals surface area contributed by atoms with Crippen LogP contribution in [0.2, 0.25) is 0 Å². The predicted octanol–water partition coefficient (Wildman–Crippen LogP) is 1.95. The van der Waals surface area contributed by atoms with E-state index in [1.54, 1.807) is 0 Å². The molecular formula is C28H46N2O7. The Labute approximate surface area is 222 Å². The van der Waals surface area contributed by atoms with Crippen LogP contribution in [0.15, 0.2) is 30.8 Å². The summed E-state index contributed by atoms with van der Waals surface area (Å²) in [5.74, 6) is 0. The lowest BCUT2D eigenvalue weighted by atomic mass is 10.1. The van der Waals surface area contributed by atoms with Crippen molar-refractivity contribution in [3.63, 3.8) is 0 Å². The van der Waals surface area contributed by atoms with Crippen molar-refractivity contribution in [3.8, 4) is 0 Å². The fourth-order valence-corrected chi connectivity index (χ4v) is 4.05. The van der Waals surface area contributed by atoms with Crippen LogP contribution in [0.4, 0.5) is 0 Å². The van der Waals surface area contributed by atoms with Gasteiger partial charge >= 0.3 is 0 Å². The van der Waals surface area contributed by atoms with E-state index in [1.807, 2.05) is 18.2 Å². The van der Waals surface area contributed by atoms with Crippen LogP contribution >= 0.6 is 0 Å². The first-order chi connectivity index (χ1) is 18.3. The summed E-state index contributed by atoms with van der Waals surface area (Å²) in [6.07, 6.45) is 1.70. The third kappa shape index (κ3) is 13.8. The van der Waals surface area contributed by atoms with E-state index in [0.717, 1.165) is 50.4 Å². The molecule has 9 nitrogen and oxygen atoms in total. The van der Waals surface area contributed by atoms with E-state index in [9.17, 15) is 0 Å². The fourth-order valence-electron chi connectivity index (χ4n) is 4.05. The molecule has 9 heteroatoms. The SMILES string of the molecule is C=Cc1ccc(COCC2COCCN3CCOCCOCCN(CCOCCOCC3)CCO2)cc1. The molecule has 0 aromatic heterocycles. The third-order valence-electron chi connectivity index (χ3n) is 6.36. The molecule has 0 saturated carbocycles. The van der Waals surface area contributed by atoms with E-state index in [1.165, 1.54) is 0 Å². The number of rotatable bonds is 5. The van der Waals surface area contributed by atoms with Gasteiger partial charge in [-0.15, -0.1) is 0 Å². The summed E-state index contributed by atoms with van der Waals surface area (Å²) in [5, 5.41) is 0. The number of nitrogens with zero attached hydrogens (tertiary/aromatic N) is 2. The van der Waals surface area contributed by atoms with Crippen molar-refractivity contribution >= 4 is 6.08 Å². The highest BCUT2D eigenvalue weighted by Gasteiger charge is 2.14. The second-order valence-electron chi connectivity index (χ2n) is 9.16. The van der Waals surface area contributed by atoms with Gasteiger partial charge in [0, 0.05) is 39.3 Å². The maximum atomic E-state index is 6.24. The lowest BCUT2D eigenvalue weighted by Gasteiger charge is -2.26. The molecule has 1 atom stereocenters. The van der Waals surface area contributed by atoms with Crippen LogP contribution < -0.4 is 0 Å². The topological polar surface area (TPSA) is 71.1 Å². The number of ether oxygens (including phenoxy) is 7. The van der Waals surface area contributed by atoms with Gasteiger partial charge in [-0.05, 0) is 11.1 Å². The van der Waals surface area contributed by atoms with E-state index in [-0.39, 0.29) is 6.10 Å². The van der Waals surface area contributed by atoms with Crippen molar-refractivity contribution in [2.45, 2.75) is 12.7 Å². The summed E-state index contributed by atoms with van der Waals surface area (Å²) < 4.78 is 41.5. The summed E-state index contributed by atoms with van der Waals surface area (Å²) in [5.41, 5.74) is 2.22. The normalized spacial score (nSPS) is 26.8. The van der Waals surface area contributed by atoms with Crippen molar-refractivity contribution in [1.29, 1.82) is 0 Å². The van der Waals surface area contributed by atoms with Gasteiger partial charge in [0.25, 0.3) is 0 Å². The summed E-state index contributed by atoms with van der Waals surface area (Å²) >= 11 is 0. The first-order valence-corrected chi connectivity index (χ1v) is 13.6. The lowest BCUT2D eigenvalue weighted by molar-refractivity contribution is -0.0727. The zero-order chi connectivity index (χ0) is 25.8. The molecule has 0 spiro atoms. The van der Waals surface area contributed by atoms with Crippen LogP contribution in [0, 0.1) is 0 Å². The van der Waals surface area contributed by atoms with Crippen LogP contribution in [0.25, 0.3) is 6.08 Å². The second kappa shape index (κ2) is 19.6. The lowest BCUT2D eigenvalue weighted by Crippen LogP contribution is -2.38. The fraction of sp³-hybridized carbons (Fsp3) is 0.714. The highest BCUT2D eigenvalue weighted by Crippen LogP contribution is 2.08. The van der Waals surface area contributed by atoms with Crippen molar-refractivity contribution in [3.05, 3.63) is 42.0 Å². The van der Waals surface area contributed by atoms with E-state index in [4.69, 9.17) is 33.2 Å². The Morgan fingerprint density at radius 1 is 0.676 bits per heavy atom. The third-order valence-corrected chi connectivity index (χ3v) is 6.36. The van der Waals surface area contributed by atoms with E-state index < -0.39 is 0 Å². The monoisotopic (exact) mass is 522 g/mol. The second-order valence-corrected chi connectivity index (χ2v) is 9.16. The molecule has 3 aliphatic rings.